The van der Waals surface area contributed by atoms with Gasteiger partial charge in [-0.3, -0.25) is 4.90 Å². The Labute approximate surface area is 270 Å². The topological polar surface area (TPSA) is 43.4 Å². The quantitative estimate of drug-likeness (QED) is 0.0812. The summed E-state index contributed by atoms with van der Waals surface area (Å²) in [6, 6.07) is 0. The molecule has 0 N–H and O–H groups in total. The molecule has 0 saturated heterocycles. The molecule has 4 heteroatoms. The molecule has 0 saturated carbocycles. The van der Waals surface area contributed by atoms with Crippen molar-refractivity contribution >= 4 is 5.97 Å². The van der Waals surface area contributed by atoms with E-state index in [9.17, 15) is 9.90 Å². The number of hydrogen-bond donors (Lipinski definition) is 0. The summed E-state index contributed by atoms with van der Waals surface area (Å²) in [4.78, 5) is 13.2. The van der Waals surface area contributed by atoms with Crippen LogP contribution in [0.15, 0.2) is 0 Å². The van der Waals surface area contributed by atoms with E-state index in [1.165, 1.54) is 154 Å². The zero-order valence-electron chi connectivity index (χ0n) is 25.3. The Morgan fingerprint density at radius 3 is 0.889 bits per heavy atom. The molecule has 0 aliphatic heterocycles. The second kappa shape index (κ2) is 34.1. The van der Waals surface area contributed by atoms with Crippen molar-refractivity contribution in [3.8, 4) is 0 Å². The molecular formula is C32H64KNO2. The number of carbonyl (C=O) groups is 1. The Balaban J connectivity index is 0. The third-order valence-electron chi connectivity index (χ3n) is 7.51. The molecular weight excluding hydrogens is 469 g/mol. The predicted molar refractivity (Wildman–Crippen MR) is 153 cm³/mol. The maximum atomic E-state index is 11.1. The van der Waals surface area contributed by atoms with Crippen LogP contribution in [-0.2, 0) is 4.79 Å². The van der Waals surface area contributed by atoms with Gasteiger partial charge in [-0.1, -0.05) is 168 Å². The Morgan fingerprint density at radius 1 is 0.444 bits per heavy atom. The number of carbonyl (C=O) groups excluding carboxylic acids is 1. The number of hydrogen-bond acceptors (Lipinski definition) is 3. The molecule has 36 heavy (non-hydrogen) atoms. The van der Waals surface area contributed by atoms with E-state index in [0.29, 0.717) is 0 Å². The smallest absolute Gasteiger partial charge is 0.549 e. The van der Waals surface area contributed by atoms with Gasteiger partial charge in [0.05, 0.1) is 5.97 Å². The average molecular weight is 534 g/mol. The van der Waals surface area contributed by atoms with E-state index >= 15 is 0 Å². The fraction of sp³-hybridized carbons (Fsp3) is 0.969. The summed E-state index contributed by atoms with van der Waals surface area (Å²) >= 11 is 0. The van der Waals surface area contributed by atoms with Crippen molar-refractivity contribution in [2.24, 2.45) is 0 Å². The molecule has 0 aromatic heterocycles. The van der Waals surface area contributed by atoms with Gasteiger partial charge in [0.25, 0.3) is 0 Å². The first-order chi connectivity index (χ1) is 17.2. The number of carboxylic acid groups (broad SMARTS) is 1. The minimum atomic E-state index is -0.922. The Bertz CT molecular complexity index is 389. The summed E-state index contributed by atoms with van der Waals surface area (Å²) in [6.07, 6.45) is 35.2. The number of unbranched alkanes of at least 4 members (excludes halogenated alkanes) is 24. The monoisotopic (exact) mass is 533 g/mol. The maximum Gasteiger partial charge on any atom is 1.00 e. The van der Waals surface area contributed by atoms with E-state index in [1.54, 1.807) is 0 Å². The van der Waals surface area contributed by atoms with Crippen molar-refractivity contribution in [2.45, 2.75) is 181 Å². The third-order valence-corrected chi connectivity index (χ3v) is 7.51. The van der Waals surface area contributed by atoms with Gasteiger partial charge in [-0.2, -0.15) is 0 Å². The Morgan fingerprint density at radius 2 is 0.667 bits per heavy atom. The van der Waals surface area contributed by atoms with Crippen LogP contribution in [0.25, 0.3) is 0 Å². The van der Waals surface area contributed by atoms with Gasteiger partial charge >= 0.3 is 51.4 Å². The van der Waals surface area contributed by atoms with Crippen molar-refractivity contribution in [3.05, 3.63) is 0 Å². The molecule has 210 valence electrons. The molecule has 0 aromatic rings. The number of aliphatic carboxylic acids is 1. The Kier molecular flexibility index (Phi) is 37.1. The van der Waals surface area contributed by atoms with Gasteiger partial charge in [0.2, 0.25) is 0 Å². The fourth-order valence-corrected chi connectivity index (χ4v) is 5.16. The largest absolute Gasteiger partial charge is 1.00 e. The number of carboxylic acids is 1. The molecule has 0 heterocycles. The van der Waals surface area contributed by atoms with Crippen molar-refractivity contribution in [1.29, 1.82) is 0 Å². The van der Waals surface area contributed by atoms with E-state index in [4.69, 9.17) is 0 Å². The SMILES string of the molecule is CCCCCCCCCCCCCCCN(CCCCCCCCCCCCCCC)CC(=O)[O-].[K+]. The van der Waals surface area contributed by atoms with Gasteiger partial charge in [-0.25, -0.2) is 0 Å². The molecule has 0 radical (unpaired) electrons. The number of nitrogens with zero attached hydrogens (tertiary/aromatic N) is 1. The minimum absolute atomic E-state index is 0. The third kappa shape index (κ3) is 33.1. The predicted octanol–water partition coefficient (Wildman–Crippen LogP) is 6.22. The molecule has 0 atom stereocenters. The summed E-state index contributed by atoms with van der Waals surface area (Å²) in [6.45, 7) is 6.51. The van der Waals surface area contributed by atoms with E-state index < -0.39 is 5.97 Å². The van der Waals surface area contributed by atoms with Crippen molar-refractivity contribution in [2.75, 3.05) is 19.6 Å². The first kappa shape index (κ1) is 39.2. The Hall–Kier alpha value is 1.07. The van der Waals surface area contributed by atoms with Crippen LogP contribution in [-0.4, -0.2) is 30.5 Å². The molecule has 0 aliphatic carbocycles. The van der Waals surface area contributed by atoms with E-state index in [1.807, 2.05) is 0 Å². The summed E-state index contributed by atoms with van der Waals surface area (Å²) in [7, 11) is 0. The van der Waals surface area contributed by atoms with Gasteiger partial charge in [-0.15, -0.1) is 0 Å². The zero-order chi connectivity index (χ0) is 25.7. The van der Waals surface area contributed by atoms with E-state index in [-0.39, 0.29) is 57.9 Å². The molecule has 0 fully saturated rings. The minimum Gasteiger partial charge on any atom is -0.549 e. The van der Waals surface area contributed by atoms with Crippen LogP contribution in [0.4, 0.5) is 0 Å². The van der Waals surface area contributed by atoms with Gasteiger partial charge in [0.15, 0.2) is 0 Å². The summed E-state index contributed by atoms with van der Waals surface area (Å²) < 4.78 is 0. The first-order valence-corrected chi connectivity index (χ1v) is 16.1. The molecule has 0 bridgehead atoms. The van der Waals surface area contributed by atoms with Crippen LogP contribution in [0.5, 0.6) is 0 Å². The van der Waals surface area contributed by atoms with Crippen LogP contribution in [0.2, 0.25) is 0 Å². The number of rotatable bonds is 30. The van der Waals surface area contributed by atoms with Crippen molar-refractivity contribution in [1.82, 2.24) is 4.90 Å². The first-order valence-electron chi connectivity index (χ1n) is 16.1. The second-order valence-electron chi connectivity index (χ2n) is 11.1. The van der Waals surface area contributed by atoms with Crippen LogP contribution in [0, 0.1) is 0 Å². The van der Waals surface area contributed by atoms with E-state index in [2.05, 4.69) is 18.7 Å². The van der Waals surface area contributed by atoms with E-state index in [0.717, 1.165) is 25.9 Å². The van der Waals surface area contributed by atoms with Gasteiger partial charge < -0.3 is 9.90 Å². The van der Waals surface area contributed by atoms with Crippen molar-refractivity contribution < 1.29 is 61.3 Å². The molecule has 0 rings (SSSR count). The molecule has 0 aliphatic rings. The van der Waals surface area contributed by atoms with Gasteiger partial charge in [-0.05, 0) is 25.9 Å². The van der Waals surface area contributed by atoms with Crippen LogP contribution >= 0.6 is 0 Å². The molecule has 0 amide bonds. The van der Waals surface area contributed by atoms with Crippen molar-refractivity contribution in [3.63, 3.8) is 0 Å². The molecule has 0 spiro atoms. The standard InChI is InChI=1S/C32H65NO2.K/c1-3-5-7-9-11-13-15-17-19-21-23-25-27-29-33(31-32(34)35)30-28-26-24-22-20-18-16-14-12-10-8-6-4-2;/h3-31H2,1-2H3,(H,34,35);/q;+1/p-1. The van der Waals surface area contributed by atoms with Gasteiger partial charge in [0.1, 0.15) is 0 Å². The summed E-state index contributed by atoms with van der Waals surface area (Å²) in [5.74, 6) is -0.922. The summed E-state index contributed by atoms with van der Waals surface area (Å²) in [5.41, 5.74) is 0. The normalized spacial score (nSPS) is 11.2. The summed E-state index contributed by atoms with van der Waals surface area (Å²) in [5, 5.41) is 11.1. The van der Waals surface area contributed by atoms with Crippen LogP contribution in [0.3, 0.4) is 0 Å². The zero-order valence-corrected chi connectivity index (χ0v) is 28.4. The molecule has 3 nitrogen and oxygen atoms in total. The molecule has 0 aromatic carbocycles. The van der Waals surface area contributed by atoms with Crippen LogP contribution < -0.4 is 56.5 Å². The maximum absolute atomic E-state index is 11.1. The van der Waals surface area contributed by atoms with Crippen LogP contribution in [0.1, 0.15) is 181 Å². The fourth-order valence-electron chi connectivity index (χ4n) is 5.16. The molecule has 0 unspecified atom stereocenters. The second-order valence-corrected chi connectivity index (χ2v) is 11.1. The van der Waals surface area contributed by atoms with Gasteiger partial charge in [0, 0.05) is 6.54 Å². The average Bonchev–Trinajstić information content (AvgIpc) is 2.84.